The third-order valence-electron chi connectivity index (χ3n) is 3.02. The maximum atomic E-state index is 12.4. The Morgan fingerprint density at radius 3 is 2.25 bits per heavy atom. The van der Waals surface area contributed by atoms with E-state index in [1.165, 1.54) is 12.0 Å². The molecule has 0 aromatic heterocycles. The highest BCUT2D eigenvalue weighted by Crippen LogP contribution is 2.19. The van der Waals surface area contributed by atoms with Gasteiger partial charge in [-0.05, 0) is 33.7 Å². The summed E-state index contributed by atoms with van der Waals surface area (Å²) >= 11 is 0. The summed E-state index contributed by atoms with van der Waals surface area (Å²) in [4.78, 5) is 13.1. The van der Waals surface area contributed by atoms with Crippen LogP contribution in [0.25, 0.3) is 0 Å². The highest BCUT2D eigenvalue weighted by Gasteiger charge is 2.36. The number of carbonyl (C=O) groups excluding carboxylic acids is 1. The highest BCUT2D eigenvalue weighted by atomic mass is 19.4. The minimum atomic E-state index is -4.23. The Balaban J connectivity index is 4.70. The molecule has 0 saturated carbocycles. The fourth-order valence-corrected chi connectivity index (χ4v) is 2.08. The monoisotopic (exact) mass is 298 g/mol. The fourth-order valence-electron chi connectivity index (χ4n) is 2.08. The first-order valence-electron chi connectivity index (χ1n) is 6.69. The minimum Gasteiger partial charge on any atom is -0.468 e. The van der Waals surface area contributed by atoms with Gasteiger partial charge in [-0.3, -0.25) is 15.0 Å². The summed E-state index contributed by atoms with van der Waals surface area (Å²) in [7, 11) is 1.27. The van der Waals surface area contributed by atoms with Gasteiger partial charge in [0.2, 0.25) is 0 Å². The number of hydrogen-bond donors (Lipinski definition) is 1. The van der Waals surface area contributed by atoms with Gasteiger partial charge < -0.3 is 4.74 Å². The number of ether oxygens (including phenoxy) is 1. The number of hydrogen-bond acceptors (Lipinski definition) is 4. The molecule has 1 atom stereocenters. The van der Waals surface area contributed by atoms with Crippen molar-refractivity contribution >= 4 is 5.97 Å². The van der Waals surface area contributed by atoms with Crippen molar-refractivity contribution in [2.24, 2.45) is 0 Å². The Labute approximate surface area is 118 Å². The summed E-state index contributed by atoms with van der Waals surface area (Å²) in [5.74, 6) is -0.464. The van der Waals surface area contributed by atoms with Gasteiger partial charge in [0.25, 0.3) is 0 Å². The molecule has 0 aliphatic carbocycles. The van der Waals surface area contributed by atoms with E-state index in [1.54, 1.807) is 13.8 Å². The molecule has 0 amide bonds. The maximum absolute atomic E-state index is 12.4. The van der Waals surface area contributed by atoms with Crippen LogP contribution in [0.3, 0.4) is 0 Å². The molecule has 0 radical (unpaired) electrons. The lowest BCUT2D eigenvalue weighted by molar-refractivity contribution is -0.151. The van der Waals surface area contributed by atoms with Crippen molar-refractivity contribution in [3.63, 3.8) is 0 Å². The van der Waals surface area contributed by atoms with E-state index in [1.807, 2.05) is 13.8 Å². The smallest absolute Gasteiger partial charge is 0.401 e. The van der Waals surface area contributed by atoms with Crippen molar-refractivity contribution in [1.29, 1.82) is 0 Å². The first-order valence-corrected chi connectivity index (χ1v) is 6.69. The Bertz CT molecular complexity index is 308. The van der Waals surface area contributed by atoms with E-state index in [0.29, 0.717) is 0 Å². The van der Waals surface area contributed by atoms with Crippen LogP contribution >= 0.6 is 0 Å². The molecule has 0 aliphatic rings. The van der Waals surface area contributed by atoms with Gasteiger partial charge in [-0.2, -0.15) is 13.2 Å². The van der Waals surface area contributed by atoms with Gasteiger partial charge in [0, 0.05) is 12.6 Å². The molecular formula is C13H25F3N2O2. The van der Waals surface area contributed by atoms with E-state index in [0.717, 1.165) is 0 Å². The van der Waals surface area contributed by atoms with E-state index < -0.39 is 24.2 Å². The van der Waals surface area contributed by atoms with Gasteiger partial charge in [0.05, 0.1) is 13.7 Å². The van der Waals surface area contributed by atoms with Crippen LogP contribution in [0.5, 0.6) is 0 Å². The lowest BCUT2D eigenvalue weighted by Gasteiger charge is -2.32. The molecule has 0 aromatic carbocycles. The number of methoxy groups -OCH3 is 1. The lowest BCUT2D eigenvalue weighted by Crippen LogP contribution is -2.54. The molecule has 1 unspecified atom stereocenters. The molecule has 0 rings (SSSR count). The molecule has 120 valence electrons. The Morgan fingerprint density at radius 2 is 1.90 bits per heavy atom. The predicted octanol–water partition coefficient (Wildman–Crippen LogP) is 2.19. The van der Waals surface area contributed by atoms with Gasteiger partial charge in [0.1, 0.15) is 5.54 Å². The quantitative estimate of drug-likeness (QED) is 0.698. The molecular weight excluding hydrogens is 273 g/mol. The summed E-state index contributed by atoms with van der Waals surface area (Å²) < 4.78 is 41.9. The zero-order valence-corrected chi connectivity index (χ0v) is 12.8. The fraction of sp³-hybridized carbons (Fsp3) is 0.923. The van der Waals surface area contributed by atoms with Gasteiger partial charge >= 0.3 is 12.1 Å². The Morgan fingerprint density at radius 1 is 1.35 bits per heavy atom. The molecule has 4 nitrogen and oxygen atoms in total. The van der Waals surface area contributed by atoms with Crippen LogP contribution < -0.4 is 5.32 Å². The molecule has 1 N–H and O–H groups in total. The van der Waals surface area contributed by atoms with E-state index in [9.17, 15) is 18.0 Å². The first-order chi connectivity index (χ1) is 9.04. The van der Waals surface area contributed by atoms with Crippen LogP contribution in [0, 0.1) is 0 Å². The van der Waals surface area contributed by atoms with Crippen LogP contribution in [-0.4, -0.2) is 55.4 Å². The number of nitrogens with zero attached hydrogens (tertiary/aromatic N) is 1. The number of halogens is 3. The van der Waals surface area contributed by atoms with Crippen LogP contribution in [0.2, 0.25) is 0 Å². The Kier molecular flexibility index (Phi) is 7.51. The van der Waals surface area contributed by atoms with Crippen molar-refractivity contribution in [2.75, 3.05) is 26.7 Å². The summed E-state index contributed by atoms with van der Waals surface area (Å²) in [6.07, 6.45) is -3.98. The summed E-state index contributed by atoms with van der Waals surface area (Å²) in [5, 5.41) is 3.07. The predicted molar refractivity (Wildman–Crippen MR) is 71.5 cm³/mol. The minimum absolute atomic E-state index is 0.0248. The number of esters is 1. The average molecular weight is 298 g/mol. The molecule has 0 heterocycles. The van der Waals surface area contributed by atoms with E-state index in [4.69, 9.17) is 4.74 Å². The first kappa shape index (κ1) is 19.2. The number of nitrogens with one attached hydrogen (secondary N) is 1. The Hall–Kier alpha value is -0.820. The molecule has 0 bridgehead atoms. The highest BCUT2D eigenvalue weighted by molar-refractivity contribution is 5.80. The number of rotatable bonds is 8. The summed E-state index contributed by atoms with van der Waals surface area (Å²) in [5.41, 5.74) is -0.984. The average Bonchev–Trinajstić information content (AvgIpc) is 2.31. The number of carbonyl (C=O) groups is 1. The second-order valence-electron chi connectivity index (χ2n) is 5.36. The second-order valence-corrected chi connectivity index (χ2v) is 5.36. The molecule has 0 aromatic rings. The third kappa shape index (κ3) is 7.09. The second kappa shape index (κ2) is 7.83. The van der Waals surface area contributed by atoms with Crippen molar-refractivity contribution in [3.8, 4) is 0 Å². The van der Waals surface area contributed by atoms with Crippen molar-refractivity contribution < 1.29 is 22.7 Å². The topological polar surface area (TPSA) is 41.6 Å². The summed E-state index contributed by atoms with van der Waals surface area (Å²) in [6, 6.07) is 0.0248. The van der Waals surface area contributed by atoms with Crippen molar-refractivity contribution in [2.45, 2.75) is 51.9 Å². The van der Waals surface area contributed by atoms with Gasteiger partial charge in [-0.25, -0.2) is 0 Å². The summed E-state index contributed by atoms with van der Waals surface area (Å²) in [6.45, 7) is 6.53. The van der Waals surface area contributed by atoms with Crippen LogP contribution in [0.4, 0.5) is 13.2 Å². The van der Waals surface area contributed by atoms with Crippen LogP contribution in [0.1, 0.15) is 34.1 Å². The van der Waals surface area contributed by atoms with E-state index in [2.05, 4.69) is 5.32 Å². The van der Waals surface area contributed by atoms with Gasteiger partial charge in [0.15, 0.2) is 0 Å². The zero-order valence-electron chi connectivity index (χ0n) is 12.8. The molecule has 0 saturated heterocycles. The third-order valence-corrected chi connectivity index (χ3v) is 3.02. The lowest BCUT2D eigenvalue weighted by atomic mass is 9.96. The molecule has 0 spiro atoms. The van der Waals surface area contributed by atoms with Gasteiger partial charge in [-0.15, -0.1) is 0 Å². The molecule has 0 aliphatic heterocycles. The van der Waals surface area contributed by atoms with Crippen molar-refractivity contribution in [3.05, 3.63) is 0 Å². The van der Waals surface area contributed by atoms with Crippen molar-refractivity contribution in [1.82, 2.24) is 10.2 Å². The van der Waals surface area contributed by atoms with Crippen LogP contribution in [0.15, 0.2) is 0 Å². The van der Waals surface area contributed by atoms with E-state index in [-0.39, 0.29) is 25.6 Å². The number of alkyl halides is 3. The van der Waals surface area contributed by atoms with E-state index >= 15 is 0 Å². The SMILES string of the molecule is CCN(CCC(C)(NC(C)C)C(=O)OC)CC(F)(F)F. The molecule has 0 fully saturated rings. The maximum Gasteiger partial charge on any atom is 0.401 e. The molecule has 7 heteroatoms. The van der Waals surface area contributed by atoms with Gasteiger partial charge in [-0.1, -0.05) is 6.92 Å². The zero-order chi connectivity index (χ0) is 16.0. The standard InChI is InChI=1S/C13H25F3N2O2/c1-6-18(9-13(14,15)16)8-7-12(4,11(19)20-5)17-10(2)3/h10,17H,6-9H2,1-5H3. The molecule has 20 heavy (non-hydrogen) atoms. The normalized spacial score (nSPS) is 15.5. The largest absolute Gasteiger partial charge is 0.468 e. The van der Waals surface area contributed by atoms with Crippen LogP contribution in [-0.2, 0) is 9.53 Å².